The Labute approximate surface area is 165 Å². The molecule has 0 fully saturated rings. The van der Waals surface area contributed by atoms with E-state index in [0.717, 1.165) is 49.2 Å². The number of fused-ring (bicyclic) bond motifs is 1. The third-order valence-corrected chi connectivity index (χ3v) is 5.51. The van der Waals surface area contributed by atoms with Gasteiger partial charge in [0.25, 0.3) is 0 Å². The molecule has 1 amide bonds. The zero-order valence-electron chi connectivity index (χ0n) is 16.2. The van der Waals surface area contributed by atoms with Gasteiger partial charge in [0.05, 0.1) is 17.6 Å². The lowest BCUT2D eigenvalue weighted by Crippen LogP contribution is -2.37. The number of hydrogen-bond donors (Lipinski definition) is 1. The van der Waals surface area contributed by atoms with Gasteiger partial charge in [0.15, 0.2) is 5.78 Å². The molecule has 1 aromatic heterocycles. The smallest absolute Gasteiger partial charge is 0.228 e. The fourth-order valence-electron chi connectivity index (χ4n) is 4.17. The minimum atomic E-state index is -0.525. The van der Waals surface area contributed by atoms with Crippen LogP contribution in [0.3, 0.4) is 0 Å². The summed E-state index contributed by atoms with van der Waals surface area (Å²) in [5, 5.41) is 3.46. The van der Waals surface area contributed by atoms with Crippen LogP contribution in [0, 0.1) is 0 Å². The maximum Gasteiger partial charge on any atom is 0.228 e. The zero-order chi connectivity index (χ0) is 19.5. The van der Waals surface area contributed by atoms with Gasteiger partial charge in [0.1, 0.15) is 11.8 Å². The second kappa shape index (κ2) is 8.05. The van der Waals surface area contributed by atoms with Gasteiger partial charge in [-0.3, -0.25) is 14.5 Å². The monoisotopic (exact) mass is 378 g/mol. The first-order chi connectivity index (χ1) is 13.7. The number of nitrogens with zero attached hydrogens (tertiary/aromatic N) is 1. The first-order valence-corrected chi connectivity index (χ1v) is 10.2. The van der Waals surface area contributed by atoms with E-state index in [4.69, 9.17) is 4.42 Å². The van der Waals surface area contributed by atoms with E-state index in [-0.39, 0.29) is 11.7 Å². The minimum Gasteiger partial charge on any atom is -0.467 e. The van der Waals surface area contributed by atoms with Gasteiger partial charge in [-0.15, -0.1) is 0 Å². The summed E-state index contributed by atoms with van der Waals surface area (Å²) in [6, 6.07) is 10.9. The van der Waals surface area contributed by atoms with E-state index in [0.29, 0.717) is 24.2 Å². The molecule has 28 heavy (non-hydrogen) atoms. The Morgan fingerprint density at radius 1 is 1.18 bits per heavy atom. The predicted octanol–water partition coefficient (Wildman–Crippen LogP) is 5.37. The highest BCUT2D eigenvalue weighted by atomic mass is 16.3. The summed E-state index contributed by atoms with van der Waals surface area (Å²) >= 11 is 0. The molecular weight excluding hydrogens is 352 g/mol. The molecular formula is C23H26N2O3. The first-order valence-electron chi connectivity index (χ1n) is 10.2. The summed E-state index contributed by atoms with van der Waals surface area (Å²) in [6.45, 7) is 2.12. The van der Waals surface area contributed by atoms with Crippen LogP contribution in [0.15, 0.2) is 58.3 Å². The number of rotatable bonds is 5. The summed E-state index contributed by atoms with van der Waals surface area (Å²) in [5.74, 6) is 0.746. The Balaban J connectivity index is 1.87. The summed E-state index contributed by atoms with van der Waals surface area (Å²) in [4.78, 5) is 28.2. The van der Waals surface area contributed by atoms with Crippen molar-refractivity contribution in [3.05, 3.63) is 59.7 Å². The summed E-state index contributed by atoms with van der Waals surface area (Å²) < 4.78 is 5.74. The standard InChI is InChI=1S/C23H26N2O3/c1-2-3-4-14-21(27)25-18-11-6-5-9-16(18)24-17-10-7-12-19(26)22(17)23(25)20-13-8-15-28-20/h5-6,8-9,11,13,15,23-24H,2-4,7,10,12,14H2,1H3/t23-/m0/s1. The molecule has 4 rings (SSSR count). The minimum absolute atomic E-state index is 0.0243. The van der Waals surface area contributed by atoms with Gasteiger partial charge in [-0.25, -0.2) is 0 Å². The van der Waals surface area contributed by atoms with Gasteiger partial charge < -0.3 is 9.73 Å². The number of carbonyl (C=O) groups excluding carboxylic acids is 2. The molecule has 0 saturated heterocycles. The van der Waals surface area contributed by atoms with Crippen LogP contribution in [0.2, 0.25) is 0 Å². The average molecular weight is 378 g/mol. The highest BCUT2D eigenvalue weighted by molar-refractivity contribution is 6.05. The van der Waals surface area contributed by atoms with Crippen LogP contribution in [-0.2, 0) is 9.59 Å². The molecule has 2 aromatic rings. The molecule has 5 nitrogen and oxygen atoms in total. The normalized spacial score (nSPS) is 19.0. The van der Waals surface area contributed by atoms with E-state index in [9.17, 15) is 9.59 Å². The van der Waals surface area contributed by atoms with Crippen LogP contribution in [0.25, 0.3) is 0 Å². The molecule has 2 heterocycles. The van der Waals surface area contributed by atoms with Crippen molar-refractivity contribution in [2.75, 3.05) is 10.2 Å². The number of nitrogens with one attached hydrogen (secondary N) is 1. The molecule has 0 radical (unpaired) electrons. The maximum atomic E-state index is 13.4. The largest absolute Gasteiger partial charge is 0.467 e. The SMILES string of the molecule is CCCCCC(=O)N1c2ccccc2NC2=C(C(=O)CCC2)[C@@H]1c1ccco1. The van der Waals surface area contributed by atoms with Crippen molar-refractivity contribution in [3.8, 4) is 0 Å². The van der Waals surface area contributed by atoms with Crippen LogP contribution in [0.5, 0.6) is 0 Å². The average Bonchev–Trinajstić information content (AvgIpc) is 3.17. The third kappa shape index (κ3) is 3.37. The molecule has 146 valence electrons. The molecule has 1 aromatic carbocycles. The Hall–Kier alpha value is -2.82. The second-order valence-electron chi connectivity index (χ2n) is 7.45. The van der Waals surface area contributed by atoms with Gasteiger partial charge in [-0.2, -0.15) is 0 Å². The van der Waals surface area contributed by atoms with Crippen LogP contribution >= 0.6 is 0 Å². The van der Waals surface area contributed by atoms with E-state index in [2.05, 4.69) is 12.2 Å². The quantitative estimate of drug-likeness (QED) is 0.711. The predicted molar refractivity (Wildman–Crippen MR) is 109 cm³/mol. The number of ketones is 1. The number of hydrogen-bond acceptors (Lipinski definition) is 4. The Bertz CT molecular complexity index is 898. The molecule has 2 aliphatic rings. The first kappa shape index (κ1) is 18.5. The van der Waals surface area contributed by atoms with Gasteiger partial charge >= 0.3 is 0 Å². The van der Waals surface area contributed by atoms with Crippen LogP contribution in [-0.4, -0.2) is 11.7 Å². The number of unbranched alkanes of at least 4 members (excludes halogenated alkanes) is 2. The Morgan fingerprint density at radius 3 is 2.82 bits per heavy atom. The number of carbonyl (C=O) groups is 2. The van der Waals surface area contributed by atoms with Crippen molar-refractivity contribution in [1.29, 1.82) is 0 Å². The number of anilines is 2. The Kier molecular flexibility index (Phi) is 5.33. The molecule has 0 bridgehead atoms. The lowest BCUT2D eigenvalue weighted by atomic mass is 9.88. The maximum absolute atomic E-state index is 13.4. The molecule has 1 N–H and O–H groups in total. The lowest BCUT2D eigenvalue weighted by molar-refractivity contribution is -0.119. The van der Waals surface area contributed by atoms with Crippen LogP contribution < -0.4 is 10.2 Å². The van der Waals surface area contributed by atoms with Crippen LogP contribution in [0.1, 0.15) is 63.7 Å². The molecule has 1 atom stereocenters. The van der Waals surface area contributed by atoms with Gasteiger partial charge in [0, 0.05) is 24.1 Å². The van der Waals surface area contributed by atoms with Gasteiger partial charge in [-0.1, -0.05) is 31.9 Å². The molecule has 0 spiro atoms. The van der Waals surface area contributed by atoms with E-state index in [1.165, 1.54) is 0 Å². The molecule has 0 saturated carbocycles. The highest BCUT2D eigenvalue weighted by Gasteiger charge is 2.40. The number of allylic oxidation sites excluding steroid dienone is 1. The van der Waals surface area contributed by atoms with E-state index >= 15 is 0 Å². The second-order valence-corrected chi connectivity index (χ2v) is 7.45. The van der Waals surface area contributed by atoms with E-state index < -0.39 is 6.04 Å². The van der Waals surface area contributed by atoms with Crippen molar-refractivity contribution in [2.24, 2.45) is 0 Å². The van der Waals surface area contributed by atoms with Crippen molar-refractivity contribution in [1.82, 2.24) is 0 Å². The lowest BCUT2D eigenvalue weighted by Gasteiger charge is -2.32. The number of para-hydroxylation sites is 2. The van der Waals surface area contributed by atoms with Crippen molar-refractivity contribution in [3.63, 3.8) is 0 Å². The van der Waals surface area contributed by atoms with Crippen LogP contribution in [0.4, 0.5) is 11.4 Å². The number of benzene rings is 1. The number of amides is 1. The van der Waals surface area contributed by atoms with Gasteiger partial charge in [0.2, 0.25) is 5.91 Å². The fraction of sp³-hybridized carbons (Fsp3) is 0.391. The molecule has 1 aliphatic carbocycles. The highest BCUT2D eigenvalue weighted by Crippen LogP contribution is 2.45. The van der Waals surface area contributed by atoms with Crippen molar-refractivity contribution in [2.45, 2.75) is 57.9 Å². The van der Waals surface area contributed by atoms with Crippen molar-refractivity contribution < 1.29 is 14.0 Å². The van der Waals surface area contributed by atoms with Crippen molar-refractivity contribution >= 4 is 23.1 Å². The zero-order valence-corrected chi connectivity index (χ0v) is 16.2. The topological polar surface area (TPSA) is 62.6 Å². The number of Topliss-reactive ketones (excluding diaryl/α,β-unsaturated/α-hetero) is 1. The fourth-order valence-corrected chi connectivity index (χ4v) is 4.17. The van der Waals surface area contributed by atoms with E-state index in [1.807, 2.05) is 36.4 Å². The summed E-state index contributed by atoms with van der Waals surface area (Å²) in [6.07, 6.45) is 7.09. The number of furan rings is 1. The Morgan fingerprint density at radius 2 is 2.04 bits per heavy atom. The molecule has 0 unspecified atom stereocenters. The van der Waals surface area contributed by atoms with Gasteiger partial charge in [-0.05, 0) is 43.5 Å². The molecule has 1 aliphatic heterocycles. The summed E-state index contributed by atoms with van der Waals surface area (Å²) in [5.41, 5.74) is 3.24. The molecule has 5 heteroatoms. The third-order valence-electron chi connectivity index (χ3n) is 5.51. The summed E-state index contributed by atoms with van der Waals surface area (Å²) in [7, 11) is 0. The van der Waals surface area contributed by atoms with E-state index in [1.54, 1.807) is 11.2 Å².